The van der Waals surface area contributed by atoms with Crippen molar-refractivity contribution in [1.29, 1.82) is 0 Å². The molecular formula is C19H29N3O2. The van der Waals surface area contributed by atoms with Crippen molar-refractivity contribution in [1.82, 2.24) is 10.2 Å². The van der Waals surface area contributed by atoms with E-state index in [1.165, 1.54) is 0 Å². The molecule has 0 aliphatic carbocycles. The third-order valence-corrected chi connectivity index (χ3v) is 3.42. The van der Waals surface area contributed by atoms with Crippen LogP contribution in [0.2, 0.25) is 0 Å². The molecule has 1 rings (SSSR count). The van der Waals surface area contributed by atoms with Crippen molar-refractivity contribution in [3.05, 3.63) is 42.0 Å². The molecular weight excluding hydrogens is 302 g/mol. The molecule has 1 aromatic rings. The lowest BCUT2D eigenvalue weighted by Gasteiger charge is -2.20. The van der Waals surface area contributed by atoms with E-state index in [9.17, 15) is 9.59 Å². The molecule has 1 aromatic carbocycles. The highest BCUT2D eigenvalue weighted by molar-refractivity contribution is 6.04. The predicted octanol–water partition coefficient (Wildman–Crippen LogP) is 2.91. The molecule has 0 saturated carbocycles. The van der Waals surface area contributed by atoms with Crippen LogP contribution in [-0.4, -0.2) is 42.9 Å². The van der Waals surface area contributed by atoms with Gasteiger partial charge in [0.2, 0.25) is 5.91 Å². The second-order valence-electron chi connectivity index (χ2n) is 6.46. The Balaban J connectivity index is 2.75. The van der Waals surface area contributed by atoms with E-state index in [0.717, 1.165) is 12.1 Å². The number of hydrogen-bond acceptors (Lipinski definition) is 3. The molecule has 2 amide bonds. The minimum absolute atomic E-state index is 0.137. The van der Waals surface area contributed by atoms with E-state index in [4.69, 9.17) is 0 Å². The Bertz CT molecular complexity index is 582. The number of para-hydroxylation sites is 1. The van der Waals surface area contributed by atoms with E-state index in [0.29, 0.717) is 30.3 Å². The lowest BCUT2D eigenvalue weighted by Crippen LogP contribution is -2.35. The molecule has 0 bridgehead atoms. The van der Waals surface area contributed by atoms with Crippen LogP contribution in [0.1, 0.15) is 38.1 Å². The minimum Gasteiger partial charge on any atom is -0.352 e. The molecule has 132 valence electrons. The number of nitrogens with one attached hydrogen (secondary N) is 2. The lowest BCUT2D eigenvalue weighted by molar-refractivity contribution is -0.117. The standard InChI is InChI=1S/C19H29N3O2/c1-6-22(12-15(4)5)13-18(23)21-17-10-8-7-9-16(17)19(24)20-11-14(2)3/h7-10,14H,4,6,11-13H2,1-3,5H3,(H,20,24)(H,21,23). The molecule has 0 heterocycles. The maximum atomic E-state index is 12.3. The average molecular weight is 331 g/mol. The molecule has 2 N–H and O–H groups in total. The summed E-state index contributed by atoms with van der Waals surface area (Å²) in [4.78, 5) is 26.6. The first-order valence-electron chi connectivity index (χ1n) is 8.37. The number of nitrogens with zero attached hydrogens (tertiary/aromatic N) is 1. The summed E-state index contributed by atoms with van der Waals surface area (Å²) in [5, 5.41) is 5.72. The zero-order valence-electron chi connectivity index (χ0n) is 15.2. The molecule has 0 aliphatic rings. The SMILES string of the molecule is C=C(C)CN(CC)CC(=O)Nc1ccccc1C(=O)NCC(C)C. The first-order chi connectivity index (χ1) is 11.3. The van der Waals surface area contributed by atoms with Crippen LogP contribution in [-0.2, 0) is 4.79 Å². The van der Waals surface area contributed by atoms with Gasteiger partial charge in [0.05, 0.1) is 17.8 Å². The Hall–Kier alpha value is -2.14. The average Bonchev–Trinajstić information content (AvgIpc) is 2.51. The van der Waals surface area contributed by atoms with Crippen molar-refractivity contribution < 1.29 is 9.59 Å². The zero-order valence-corrected chi connectivity index (χ0v) is 15.2. The highest BCUT2D eigenvalue weighted by Gasteiger charge is 2.15. The van der Waals surface area contributed by atoms with Crippen LogP contribution in [0.25, 0.3) is 0 Å². The van der Waals surface area contributed by atoms with Crippen LogP contribution < -0.4 is 10.6 Å². The van der Waals surface area contributed by atoms with E-state index < -0.39 is 0 Å². The van der Waals surface area contributed by atoms with Crippen molar-refractivity contribution >= 4 is 17.5 Å². The van der Waals surface area contributed by atoms with Gasteiger partial charge in [0.15, 0.2) is 0 Å². The largest absolute Gasteiger partial charge is 0.352 e. The van der Waals surface area contributed by atoms with Crippen molar-refractivity contribution in [3.8, 4) is 0 Å². The maximum Gasteiger partial charge on any atom is 0.253 e. The third-order valence-electron chi connectivity index (χ3n) is 3.42. The minimum atomic E-state index is -0.172. The number of amides is 2. The molecule has 0 aromatic heterocycles. The Kier molecular flexibility index (Phi) is 8.19. The van der Waals surface area contributed by atoms with E-state index >= 15 is 0 Å². The molecule has 5 nitrogen and oxygen atoms in total. The van der Waals surface area contributed by atoms with Gasteiger partial charge in [0.25, 0.3) is 5.91 Å². The number of hydrogen-bond donors (Lipinski definition) is 2. The number of anilines is 1. The van der Waals surface area contributed by atoms with E-state index in [1.54, 1.807) is 24.3 Å². The third kappa shape index (κ3) is 6.96. The molecule has 0 atom stereocenters. The molecule has 0 fully saturated rings. The van der Waals surface area contributed by atoms with Gasteiger partial charge in [-0.3, -0.25) is 14.5 Å². The fraction of sp³-hybridized carbons (Fsp3) is 0.474. The monoisotopic (exact) mass is 331 g/mol. The molecule has 24 heavy (non-hydrogen) atoms. The summed E-state index contributed by atoms with van der Waals surface area (Å²) >= 11 is 0. The van der Waals surface area contributed by atoms with Gasteiger partial charge in [-0.1, -0.05) is 45.1 Å². The predicted molar refractivity (Wildman–Crippen MR) is 99.2 cm³/mol. The Labute approximate surface area is 145 Å². The molecule has 0 unspecified atom stereocenters. The number of benzene rings is 1. The lowest BCUT2D eigenvalue weighted by atomic mass is 10.1. The summed E-state index contributed by atoms with van der Waals surface area (Å²) in [5.41, 5.74) is 2.03. The normalized spacial score (nSPS) is 10.8. The fourth-order valence-corrected chi connectivity index (χ4v) is 2.24. The molecule has 0 saturated heterocycles. The van der Waals surface area contributed by atoms with Crippen LogP contribution >= 0.6 is 0 Å². The number of likely N-dealkylation sites (N-methyl/N-ethyl adjacent to an activating group) is 1. The zero-order chi connectivity index (χ0) is 18.1. The van der Waals surface area contributed by atoms with Gasteiger partial charge in [0.1, 0.15) is 0 Å². The summed E-state index contributed by atoms with van der Waals surface area (Å²) in [7, 11) is 0. The topological polar surface area (TPSA) is 61.4 Å². The summed E-state index contributed by atoms with van der Waals surface area (Å²) in [6, 6.07) is 7.06. The molecule has 0 aliphatic heterocycles. The fourth-order valence-electron chi connectivity index (χ4n) is 2.24. The van der Waals surface area contributed by atoms with Crippen LogP contribution in [0, 0.1) is 5.92 Å². The van der Waals surface area contributed by atoms with Gasteiger partial charge >= 0.3 is 0 Å². The van der Waals surface area contributed by atoms with Crippen molar-refractivity contribution in [2.24, 2.45) is 5.92 Å². The second-order valence-corrected chi connectivity index (χ2v) is 6.46. The summed E-state index contributed by atoms with van der Waals surface area (Å²) in [5.74, 6) is 0.0621. The number of rotatable bonds is 9. The number of carbonyl (C=O) groups excluding carboxylic acids is 2. The first-order valence-corrected chi connectivity index (χ1v) is 8.37. The molecule has 5 heteroatoms. The summed E-state index contributed by atoms with van der Waals surface area (Å²) in [6.45, 7) is 14.2. The smallest absolute Gasteiger partial charge is 0.253 e. The molecule has 0 spiro atoms. The van der Waals surface area contributed by atoms with Crippen LogP contribution in [0.4, 0.5) is 5.69 Å². The first kappa shape index (κ1) is 19.9. The van der Waals surface area contributed by atoms with Gasteiger partial charge in [-0.2, -0.15) is 0 Å². The van der Waals surface area contributed by atoms with Crippen LogP contribution in [0.15, 0.2) is 36.4 Å². The summed E-state index contributed by atoms with van der Waals surface area (Å²) < 4.78 is 0. The maximum absolute atomic E-state index is 12.3. The molecule has 0 radical (unpaired) electrons. The van der Waals surface area contributed by atoms with E-state index in [2.05, 4.69) is 17.2 Å². The Morgan fingerprint density at radius 2 is 1.88 bits per heavy atom. The number of carbonyl (C=O) groups is 2. The highest BCUT2D eigenvalue weighted by Crippen LogP contribution is 2.15. The quantitative estimate of drug-likeness (QED) is 0.684. The van der Waals surface area contributed by atoms with Crippen LogP contribution in [0.3, 0.4) is 0 Å². The summed E-state index contributed by atoms with van der Waals surface area (Å²) in [6.07, 6.45) is 0. The van der Waals surface area contributed by atoms with E-state index in [1.807, 2.05) is 32.6 Å². The van der Waals surface area contributed by atoms with Crippen molar-refractivity contribution in [3.63, 3.8) is 0 Å². The second kappa shape index (κ2) is 9.88. The van der Waals surface area contributed by atoms with Gasteiger partial charge in [-0.25, -0.2) is 0 Å². The van der Waals surface area contributed by atoms with Gasteiger partial charge in [0, 0.05) is 13.1 Å². The Morgan fingerprint density at radius 1 is 1.21 bits per heavy atom. The van der Waals surface area contributed by atoms with Crippen LogP contribution in [0.5, 0.6) is 0 Å². The highest BCUT2D eigenvalue weighted by atomic mass is 16.2. The van der Waals surface area contributed by atoms with Gasteiger partial charge < -0.3 is 10.6 Å². The van der Waals surface area contributed by atoms with Crippen molar-refractivity contribution in [2.45, 2.75) is 27.7 Å². The van der Waals surface area contributed by atoms with Gasteiger partial charge in [-0.15, -0.1) is 0 Å². The van der Waals surface area contributed by atoms with E-state index in [-0.39, 0.29) is 18.4 Å². The van der Waals surface area contributed by atoms with Crippen molar-refractivity contribution in [2.75, 3.05) is 31.5 Å². The Morgan fingerprint density at radius 3 is 2.46 bits per heavy atom. The van der Waals surface area contributed by atoms with Gasteiger partial charge in [-0.05, 0) is 31.5 Å².